The first-order valence-corrected chi connectivity index (χ1v) is 7.65. The molecule has 0 aliphatic heterocycles. The molecule has 1 N–H and O–H groups in total. The van der Waals surface area contributed by atoms with Crippen LogP contribution in [0.5, 0.6) is 5.75 Å². The first-order chi connectivity index (χ1) is 10.4. The average molecular weight is 309 g/mol. The monoisotopic (exact) mass is 309 g/mol. The van der Waals surface area contributed by atoms with Crippen molar-refractivity contribution in [2.75, 3.05) is 13.2 Å². The maximum absolute atomic E-state index is 11.2. The van der Waals surface area contributed by atoms with Gasteiger partial charge in [0, 0.05) is 0 Å². The Hall–Kier alpha value is -1.59. The Morgan fingerprint density at radius 1 is 1.36 bits per heavy atom. The van der Waals surface area contributed by atoms with Gasteiger partial charge in [0.05, 0.1) is 24.9 Å². The highest BCUT2D eigenvalue weighted by molar-refractivity contribution is 5.46. The van der Waals surface area contributed by atoms with Gasteiger partial charge in [0.25, 0.3) is 0 Å². The first-order valence-electron chi connectivity index (χ1n) is 7.65. The molecule has 0 spiro atoms. The van der Waals surface area contributed by atoms with Crippen LogP contribution in [0.4, 0.5) is 0 Å². The molecule has 0 radical (unpaired) electrons. The van der Waals surface area contributed by atoms with E-state index in [1.54, 1.807) is 0 Å². The number of hydrogen-bond acceptors (Lipinski definition) is 4. The molecule has 1 rings (SSSR count). The van der Waals surface area contributed by atoms with Crippen molar-refractivity contribution in [1.82, 2.24) is 5.06 Å². The third-order valence-corrected chi connectivity index (χ3v) is 2.90. The smallest absolute Gasteiger partial charge is 0.233 e. The van der Waals surface area contributed by atoms with Gasteiger partial charge in [-0.25, -0.2) is 5.06 Å². The van der Waals surface area contributed by atoms with Crippen molar-refractivity contribution in [3.63, 3.8) is 0 Å². The minimum atomic E-state index is -0.500. The lowest BCUT2D eigenvalue weighted by Gasteiger charge is -2.32. The van der Waals surface area contributed by atoms with Crippen LogP contribution < -0.4 is 4.74 Å². The third kappa shape index (κ3) is 6.45. The second-order valence-corrected chi connectivity index (χ2v) is 6.21. The quantitative estimate of drug-likeness (QED) is 0.562. The summed E-state index contributed by atoms with van der Waals surface area (Å²) in [5.41, 5.74) is 0.484. The summed E-state index contributed by atoms with van der Waals surface area (Å²) in [6, 6.07) is 7.25. The molecular weight excluding hydrogens is 282 g/mol. The molecule has 1 aromatic carbocycles. The zero-order chi connectivity index (χ0) is 16.6. The fourth-order valence-corrected chi connectivity index (χ4v) is 1.99. The van der Waals surface area contributed by atoms with E-state index in [2.05, 4.69) is 6.92 Å². The van der Waals surface area contributed by atoms with E-state index in [9.17, 15) is 9.90 Å². The highest BCUT2D eigenvalue weighted by atomic mass is 16.7. The predicted molar refractivity (Wildman–Crippen MR) is 85.5 cm³/mol. The molecule has 22 heavy (non-hydrogen) atoms. The molecule has 1 amide bonds. The number of rotatable bonds is 9. The van der Waals surface area contributed by atoms with Crippen LogP contribution in [0.3, 0.4) is 0 Å². The number of benzene rings is 1. The second-order valence-electron chi connectivity index (χ2n) is 6.21. The lowest BCUT2D eigenvalue weighted by molar-refractivity contribution is -0.235. The standard InChI is InChI=1S/C17H27NO4/c1-5-9-21-16-8-6-7-14(11-16)10-15(12-19)18(13-20)22-17(2,3)4/h6-8,11,13,15,19H,5,9-10,12H2,1-4H3. The van der Waals surface area contributed by atoms with Gasteiger partial charge >= 0.3 is 0 Å². The maximum atomic E-state index is 11.2. The summed E-state index contributed by atoms with van der Waals surface area (Å²) in [5.74, 6) is 0.797. The number of carbonyl (C=O) groups excluding carboxylic acids is 1. The zero-order valence-electron chi connectivity index (χ0n) is 13.9. The van der Waals surface area contributed by atoms with Gasteiger partial charge in [-0.05, 0) is 51.3 Å². The number of carbonyl (C=O) groups is 1. The third-order valence-electron chi connectivity index (χ3n) is 2.90. The molecule has 0 aliphatic rings. The van der Waals surface area contributed by atoms with Crippen LogP contribution in [0.1, 0.15) is 39.7 Å². The van der Waals surface area contributed by atoms with Gasteiger partial charge < -0.3 is 9.84 Å². The molecule has 124 valence electrons. The highest BCUT2D eigenvalue weighted by Crippen LogP contribution is 2.18. The second kappa shape index (κ2) is 8.76. The fourth-order valence-electron chi connectivity index (χ4n) is 1.99. The fraction of sp³-hybridized carbons (Fsp3) is 0.588. The molecule has 5 nitrogen and oxygen atoms in total. The van der Waals surface area contributed by atoms with E-state index in [-0.39, 0.29) is 6.61 Å². The van der Waals surface area contributed by atoms with Crippen molar-refractivity contribution in [1.29, 1.82) is 0 Å². The molecule has 0 heterocycles. The van der Waals surface area contributed by atoms with Crippen LogP contribution in [0.2, 0.25) is 0 Å². The number of aliphatic hydroxyl groups excluding tert-OH is 1. The van der Waals surface area contributed by atoms with Crippen LogP contribution in [-0.4, -0.2) is 41.4 Å². The number of ether oxygens (including phenoxy) is 1. The van der Waals surface area contributed by atoms with Gasteiger partial charge in [0.15, 0.2) is 0 Å². The van der Waals surface area contributed by atoms with Crippen LogP contribution >= 0.6 is 0 Å². The van der Waals surface area contributed by atoms with Gasteiger partial charge in [-0.2, -0.15) is 0 Å². The molecule has 0 saturated carbocycles. The molecule has 0 fully saturated rings. The van der Waals surface area contributed by atoms with Crippen molar-refractivity contribution >= 4 is 6.41 Å². The van der Waals surface area contributed by atoms with E-state index in [0.717, 1.165) is 17.7 Å². The maximum Gasteiger partial charge on any atom is 0.233 e. The molecule has 0 aliphatic carbocycles. The summed E-state index contributed by atoms with van der Waals surface area (Å²) in [6.07, 6.45) is 2.06. The molecule has 1 atom stereocenters. The van der Waals surface area contributed by atoms with Crippen molar-refractivity contribution in [3.05, 3.63) is 29.8 Å². The highest BCUT2D eigenvalue weighted by Gasteiger charge is 2.23. The number of amides is 1. The van der Waals surface area contributed by atoms with E-state index in [4.69, 9.17) is 9.57 Å². The molecule has 1 unspecified atom stereocenters. The Balaban J connectivity index is 2.77. The Labute approximate surface area is 132 Å². The minimum Gasteiger partial charge on any atom is -0.494 e. The Morgan fingerprint density at radius 3 is 2.64 bits per heavy atom. The van der Waals surface area contributed by atoms with Crippen molar-refractivity contribution in [2.45, 2.75) is 52.2 Å². The summed E-state index contributed by atoms with van der Waals surface area (Å²) in [4.78, 5) is 16.8. The topological polar surface area (TPSA) is 59.0 Å². The van der Waals surface area contributed by atoms with Crippen LogP contribution in [0.25, 0.3) is 0 Å². The molecular formula is C17H27NO4. The lowest BCUT2D eigenvalue weighted by atomic mass is 10.1. The lowest BCUT2D eigenvalue weighted by Crippen LogP contribution is -2.43. The largest absolute Gasteiger partial charge is 0.494 e. The molecule has 0 saturated heterocycles. The Bertz CT molecular complexity index is 456. The zero-order valence-corrected chi connectivity index (χ0v) is 13.9. The van der Waals surface area contributed by atoms with Gasteiger partial charge in [0.1, 0.15) is 5.75 Å². The molecule has 5 heteroatoms. The number of aliphatic hydroxyl groups is 1. The van der Waals surface area contributed by atoms with Crippen molar-refractivity contribution < 1.29 is 19.5 Å². The summed E-state index contributed by atoms with van der Waals surface area (Å²) in [6.45, 7) is 8.12. The predicted octanol–water partition coefficient (Wildman–Crippen LogP) is 2.57. The van der Waals surface area contributed by atoms with Gasteiger partial charge in [-0.1, -0.05) is 19.1 Å². The Morgan fingerprint density at radius 2 is 2.09 bits per heavy atom. The number of hydroxylamine groups is 2. The number of nitrogens with zero attached hydrogens (tertiary/aromatic N) is 1. The molecule has 0 aromatic heterocycles. The normalized spacial score (nSPS) is 12.8. The van der Waals surface area contributed by atoms with Gasteiger partial charge in [-0.15, -0.1) is 0 Å². The summed E-state index contributed by atoms with van der Waals surface area (Å²) in [7, 11) is 0. The van der Waals surface area contributed by atoms with E-state index in [1.165, 1.54) is 5.06 Å². The van der Waals surface area contributed by atoms with Gasteiger partial charge in [0.2, 0.25) is 6.41 Å². The van der Waals surface area contributed by atoms with E-state index in [0.29, 0.717) is 19.4 Å². The average Bonchev–Trinajstić information content (AvgIpc) is 2.48. The SMILES string of the molecule is CCCOc1cccc(CC(CO)N(C=O)OC(C)(C)C)c1. The van der Waals surface area contributed by atoms with Crippen molar-refractivity contribution in [3.8, 4) is 5.75 Å². The molecule has 0 bridgehead atoms. The van der Waals surface area contributed by atoms with E-state index >= 15 is 0 Å². The van der Waals surface area contributed by atoms with Crippen molar-refractivity contribution in [2.24, 2.45) is 0 Å². The van der Waals surface area contributed by atoms with Crippen LogP contribution in [0.15, 0.2) is 24.3 Å². The Kier molecular flexibility index (Phi) is 7.35. The summed E-state index contributed by atoms with van der Waals surface area (Å²) >= 11 is 0. The number of hydrogen-bond donors (Lipinski definition) is 1. The van der Waals surface area contributed by atoms with Crippen LogP contribution in [-0.2, 0) is 16.1 Å². The minimum absolute atomic E-state index is 0.172. The van der Waals surface area contributed by atoms with Gasteiger partial charge in [-0.3, -0.25) is 9.63 Å². The van der Waals surface area contributed by atoms with Crippen LogP contribution in [0, 0.1) is 0 Å². The van der Waals surface area contributed by atoms with E-state index < -0.39 is 11.6 Å². The molecule has 1 aromatic rings. The van der Waals surface area contributed by atoms with E-state index in [1.807, 2.05) is 45.0 Å². The summed E-state index contributed by atoms with van der Waals surface area (Å²) < 4.78 is 5.60. The first kappa shape index (κ1) is 18.5. The summed E-state index contributed by atoms with van der Waals surface area (Å²) in [5, 5.41) is 10.8.